The molecule has 1 aliphatic heterocycles. The lowest BCUT2D eigenvalue weighted by molar-refractivity contribution is -0.275. The molecule has 0 saturated carbocycles. The first-order valence-corrected chi connectivity index (χ1v) is 12.2. The molecule has 0 radical (unpaired) electrons. The van der Waals surface area contributed by atoms with Gasteiger partial charge in [-0.2, -0.15) is 0 Å². The van der Waals surface area contributed by atoms with E-state index in [0.717, 1.165) is 24.6 Å². The van der Waals surface area contributed by atoms with Crippen molar-refractivity contribution >= 4 is 21.6 Å². The molecule has 0 saturated heterocycles. The Bertz CT molecular complexity index is 1400. The number of nitrogens with zero attached hydrogens (tertiary/aromatic N) is 2. The molecule has 1 amide bonds. The van der Waals surface area contributed by atoms with Gasteiger partial charge >= 0.3 is 6.36 Å². The molecule has 1 unspecified atom stereocenters. The number of ether oxygens (including phenoxy) is 2. The van der Waals surface area contributed by atoms with Crippen molar-refractivity contribution in [1.29, 1.82) is 0 Å². The van der Waals surface area contributed by atoms with Crippen LogP contribution in [0.4, 0.5) is 23.2 Å². The van der Waals surface area contributed by atoms with Crippen LogP contribution in [0.3, 0.4) is 0 Å². The maximum absolute atomic E-state index is 14.7. The number of rotatable bonds is 6. The minimum atomic E-state index is -5.09. The monoisotopic (exact) mass is 526 g/mol. The van der Waals surface area contributed by atoms with Crippen LogP contribution >= 0.6 is 0 Å². The van der Waals surface area contributed by atoms with Gasteiger partial charge in [-0.05, 0) is 42.0 Å². The van der Waals surface area contributed by atoms with Crippen LogP contribution in [-0.2, 0) is 15.6 Å². The first kappa shape index (κ1) is 25.2. The van der Waals surface area contributed by atoms with Gasteiger partial charge in [0.15, 0.2) is 11.6 Å². The van der Waals surface area contributed by atoms with E-state index in [9.17, 15) is 30.8 Å². The van der Waals surface area contributed by atoms with Crippen molar-refractivity contribution in [3.8, 4) is 11.5 Å². The fraction of sp³-hybridized carbons (Fsp3) is 0.227. The van der Waals surface area contributed by atoms with Gasteiger partial charge in [0.25, 0.3) is 5.91 Å². The van der Waals surface area contributed by atoms with E-state index in [4.69, 9.17) is 4.74 Å². The third kappa shape index (κ3) is 5.48. The van der Waals surface area contributed by atoms with Gasteiger partial charge in [0.1, 0.15) is 22.7 Å². The Labute approximate surface area is 202 Å². The number of carbonyl (C=O) groups is 1. The van der Waals surface area contributed by atoms with Crippen LogP contribution in [-0.4, -0.2) is 43.5 Å². The van der Waals surface area contributed by atoms with Crippen molar-refractivity contribution in [2.24, 2.45) is 0 Å². The number of fused-ring (bicyclic) bond motifs is 1. The molecular weight excluding hydrogens is 508 g/mol. The lowest BCUT2D eigenvalue weighted by atomic mass is 9.81. The quantitative estimate of drug-likeness (QED) is 0.473. The summed E-state index contributed by atoms with van der Waals surface area (Å²) in [7, 11) is -3.56. The maximum atomic E-state index is 14.7. The van der Waals surface area contributed by atoms with Crippen LogP contribution < -0.4 is 19.5 Å². The van der Waals surface area contributed by atoms with E-state index in [1.165, 1.54) is 24.4 Å². The average molecular weight is 526 g/mol. The zero-order valence-corrected chi connectivity index (χ0v) is 19.3. The number of aromatic nitrogens is 2. The normalized spacial score (nSPS) is 17.5. The van der Waals surface area contributed by atoms with Gasteiger partial charge < -0.3 is 14.8 Å². The van der Waals surface area contributed by atoms with Crippen LogP contribution in [0.25, 0.3) is 0 Å². The van der Waals surface area contributed by atoms with Crippen molar-refractivity contribution < 1.29 is 40.2 Å². The minimum absolute atomic E-state index is 0.0649. The summed E-state index contributed by atoms with van der Waals surface area (Å²) in [6.07, 6.45) is -1.50. The van der Waals surface area contributed by atoms with E-state index in [1.807, 2.05) is 0 Å². The molecule has 3 heterocycles. The molecule has 1 atom stereocenters. The third-order valence-electron chi connectivity index (χ3n) is 5.19. The van der Waals surface area contributed by atoms with Gasteiger partial charge in [-0.25, -0.2) is 17.8 Å². The number of sulfonamides is 1. The number of benzene rings is 1. The molecule has 9 nitrogen and oxygen atoms in total. The van der Waals surface area contributed by atoms with Gasteiger partial charge in [-0.3, -0.25) is 14.5 Å². The zero-order chi connectivity index (χ0) is 26.1. The van der Waals surface area contributed by atoms with Gasteiger partial charge in [0.2, 0.25) is 10.0 Å². The number of carbonyl (C=O) groups excluding carboxylic acids is 1. The number of hydrogen-bond acceptors (Lipinski definition) is 7. The molecule has 2 aromatic heterocycles. The summed E-state index contributed by atoms with van der Waals surface area (Å²) in [6.45, 7) is 0.0754. The Morgan fingerprint density at radius 1 is 1.17 bits per heavy atom. The van der Waals surface area contributed by atoms with E-state index in [-0.39, 0.29) is 35.7 Å². The van der Waals surface area contributed by atoms with Crippen molar-refractivity contribution in [2.75, 3.05) is 17.6 Å². The highest BCUT2D eigenvalue weighted by Gasteiger charge is 2.43. The fourth-order valence-corrected chi connectivity index (χ4v) is 4.32. The Morgan fingerprint density at radius 3 is 2.58 bits per heavy atom. The topological polar surface area (TPSA) is 120 Å². The number of anilines is 1. The van der Waals surface area contributed by atoms with Gasteiger partial charge in [0.05, 0.1) is 24.7 Å². The summed E-state index contributed by atoms with van der Waals surface area (Å²) in [5, 5.41) is 2.77. The molecule has 0 fully saturated rings. The SMILES string of the molecule is CS(=O)(=O)Nc1ccc(C(=O)NC2(c3ccc(OC(F)(F)F)c(F)c3)CCOc3cccnc32)nc1. The molecule has 1 aliphatic rings. The third-order valence-corrected chi connectivity index (χ3v) is 5.79. The summed E-state index contributed by atoms with van der Waals surface area (Å²) >= 11 is 0. The first-order chi connectivity index (χ1) is 16.9. The summed E-state index contributed by atoms with van der Waals surface area (Å²) < 4.78 is 86.8. The predicted molar refractivity (Wildman–Crippen MR) is 118 cm³/mol. The summed E-state index contributed by atoms with van der Waals surface area (Å²) in [6, 6.07) is 8.62. The number of halogens is 4. The number of amides is 1. The van der Waals surface area contributed by atoms with Crippen LogP contribution in [0, 0.1) is 5.82 Å². The molecule has 36 heavy (non-hydrogen) atoms. The van der Waals surface area contributed by atoms with Crippen LogP contribution in [0.15, 0.2) is 54.9 Å². The molecular formula is C22H18F4N4O5S. The Balaban J connectivity index is 1.74. The second kappa shape index (κ2) is 9.26. The lowest BCUT2D eigenvalue weighted by Gasteiger charge is -2.39. The van der Waals surface area contributed by atoms with E-state index < -0.39 is 39.4 Å². The summed E-state index contributed by atoms with van der Waals surface area (Å²) in [5.41, 5.74) is -1.15. The summed E-state index contributed by atoms with van der Waals surface area (Å²) in [4.78, 5) is 21.5. The Hall–Kier alpha value is -3.94. The van der Waals surface area contributed by atoms with Crippen molar-refractivity contribution in [1.82, 2.24) is 15.3 Å². The average Bonchev–Trinajstić information content (AvgIpc) is 2.79. The van der Waals surface area contributed by atoms with Gasteiger partial charge in [-0.15, -0.1) is 13.2 Å². The molecule has 2 N–H and O–H groups in total. The number of nitrogens with one attached hydrogen (secondary N) is 2. The number of hydrogen-bond donors (Lipinski definition) is 2. The minimum Gasteiger partial charge on any atom is -0.491 e. The van der Waals surface area contributed by atoms with Crippen molar-refractivity contribution in [3.05, 3.63) is 77.6 Å². The summed E-state index contributed by atoms with van der Waals surface area (Å²) in [5.74, 6) is -2.76. The van der Waals surface area contributed by atoms with Crippen molar-refractivity contribution in [2.45, 2.75) is 18.3 Å². The second-order valence-corrected chi connectivity index (χ2v) is 9.56. The maximum Gasteiger partial charge on any atom is 0.573 e. The predicted octanol–water partition coefficient (Wildman–Crippen LogP) is 3.34. The van der Waals surface area contributed by atoms with Crippen LogP contribution in [0.1, 0.15) is 28.2 Å². The number of alkyl halides is 3. The standard InChI is InChI=1S/C22H18F4N4O5S/c1-36(32,33)30-14-5-6-16(28-12-14)20(31)29-21(8-10-34-18-3-2-9-27-19(18)21)13-4-7-17(15(23)11-13)35-22(24,25)26/h2-7,9,11-12,30H,8,10H2,1H3,(H,29,31). The molecule has 14 heteroatoms. The van der Waals surface area contributed by atoms with E-state index in [1.54, 1.807) is 12.1 Å². The van der Waals surface area contributed by atoms with E-state index >= 15 is 0 Å². The van der Waals surface area contributed by atoms with E-state index in [2.05, 4.69) is 24.7 Å². The molecule has 0 bridgehead atoms. The fourth-order valence-electron chi connectivity index (χ4n) is 3.77. The molecule has 0 aliphatic carbocycles. The highest BCUT2D eigenvalue weighted by molar-refractivity contribution is 7.92. The molecule has 3 aromatic rings. The highest BCUT2D eigenvalue weighted by atomic mass is 32.2. The van der Waals surface area contributed by atoms with Crippen LogP contribution in [0.5, 0.6) is 11.5 Å². The van der Waals surface area contributed by atoms with Gasteiger partial charge in [0, 0.05) is 12.6 Å². The smallest absolute Gasteiger partial charge is 0.491 e. The Kier molecular flexibility index (Phi) is 6.47. The van der Waals surface area contributed by atoms with E-state index in [0.29, 0.717) is 5.75 Å². The Morgan fingerprint density at radius 2 is 1.94 bits per heavy atom. The molecule has 190 valence electrons. The second-order valence-electron chi connectivity index (χ2n) is 7.81. The zero-order valence-electron chi connectivity index (χ0n) is 18.5. The first-order valence-electron chi connectivity index (χ1n) is 10.3. The molecule has 4 rings (SSSR count). The number of pyridine rings is 2. The molecule has 1 aromatic carbocycles. The van der Waals surface area contributed by atoms with Crippen LogP contribution in [0.2, 0.25) is 0 Å². The largest absolute Gasteiger partial charge is 0.573 e. The van der Waals surface area contributed by atoms with Gasteiger partial charge in [-0.1, -0.05) is 6.07 Å². The van der Waals surface area contributed by atoms with Crippen molar-refractivity contribution in [3.63, 3.8) is 0 Å². The lowest BCUT2D eigenvalue weighted by Crippen LogP contribution is -2.50. The molecule has 0 spiro atoms. The highest BCUT2D eigenvalue weighted by Crippen LogP contribution is 2.42.